The van der Waals surface area contributed by atoms with Crippen LogP contribution in [0.1, 0.15) is 23.6 Å². The highest BCUT2D eigenvalue weighted by atomic mass is 16.5. The van der Waals surface area contributed by atoms with Gasteiger partial charge in [-0.05, 0) is 48.4 Å². The number of nitrogens with zero attached hydrogens (tertiary/aromatic N) is 1. The molecule has 1 amide bonds. The maximum absolute atomic E-state index is 13.0. The number of likely N-dealkylation sites (tertiary alicyclic amines) is 1. The number of hydrogen-bond acceptors (Lipinski definition) is 7. The van der Waals surface area contributed by atoms with E-state index in [0.29, 0.717) is 41.4 Å². The van der Waals surface area contributed by atoms with Gasteiger partial charge in [-0.15, -0.1) is 0 Å². The van der Waals surface area contributed by atoms with Crippen LogP contribution in [0, 0.1) is 0 Å². The molecule has 1 atom stereocenters. The Labute approximate surface area is 187 Å². The van der Waals surface area contributed by atoms with E-state index in [2.05, 4.69) is 0 Å². The lowest BCUT2D eigenvalue weighted by atomic mass is 9.95. The fourth-order valence-electron chi connectivity index (χ4n) is 3.76. The molecule has 2 aromatic carbocycles. The molecule has 1 aliphatic heterocycles. The topological polar surface area (TPSA) is 94.5 Å². The van der Waals surface area contributed by atoms with Gasteiger partial charge in [0, 0.05) is 25.8 Å². The van der Waals surface area contributed by atoms with Gasteiger partial charge in [0.15, 0.2) is 11.5 Å². The van der Waals surface area contributed by atoms with Gasteiger partial charge in [0.25, 0.3) is 11.7 Å². The Balaban J connectivity index is 2.14. The summed E-state index contributed by atoms with van der Waals surface area (Å²) >= 11 is 0. The summed E-state index contributed by atoms with van der Waals surface area (Å²) in [7, 11) is 6.15. The van der Waals surface area contributed by atoms with Crippen LogP contribution in [-0.4, -0.2) is 63.3 Å². The summed E-state index contributed by atoms with van der Waals surface area (Å²) in [5.41, 5.74) is 1.05. The second-order valence-corrected chi connectivity index (χ2v) is 7.18. The van der Waals surface area contributed by atoms with Crippen LogP contribution in [0.5, 0.6) is 17.2 Å². The molecule has 0 bridgehead atoms. The predicted octanol–water partition coefficient (Wildman–Crippen LogP) is 3.17. The van der Waals surface area contributed by atoms with Crippen LogP contribution < -0.4 is 14.2 Å². The Morgan fingerprint density at radius 3 is 2.22 bits per heavy atom. The Bertz CT molecular complexity index is 1010. The molecule has 0 saturated carbocycles. The standard InChI is InChI=1S/C24H27NO7/c1-29-13-5-12-25-21(16-8-11-18(31-3)19(14-16)32-4)20(23(27)24(25)28)22(26)15-6-9-17(30-2)10-7-15/h6-11,14,21,26H,5,12-13H2,1-4H3/t21-/m0/s1. The molecule has 3 rings (SSSR count). The maximum Gasteiger partial charge on any atom is 0.295 e. The van der Waals surface area contributed by atoms with Crippen molar-refractivity contribution >= 4 is 17.4 Å². The Kier molecular flexibility index (Phi) is 7.37. The van der Waals surface area contributed by atoms with E-state index < -0.39 is 17.7 Å². The van der Waals surface area contributed by atoms with E-state index in [-0.39, 0.29) is 17.9 Å². The lowest BCUT2D eigenvalue weighted by molar-refractivity contribution is -0.140. The summed E-state index contributed by atoms with van der Waals surface area (Å²) in [5, 5.41) is 11.1. The van der Waals surface area contributed by atoms with Crippen molar-refractivity contribution in [1.82, 2.24) is 4.90 Å². The Morgan fingerprint density at radius 1 is 0.938 bits per heavy atom. The molecular weight excluding hydrogens is 414 g/mol. The van der Waals surface area contributed by atoms with Crippen LogP contribution in [0.2, 0.25) is 0 Å². The molecule has 1 aliphatic rings. The first-order valence-corrected chi connectivity index (χ1v) is 10.1. The van der Waals surface area contributed by atoms with E-state index in [1.54, 1.807) is 49.6 Å². The maximum atomic E-state index is 13.0. The second kappa shape index (κ2) is 10.2. The van der Waals surface area contributed by atoms with Crippen molar-refractivity contribution in [2.45, 2.75) is 12.5 Å². The van der Waals surface area contributed by atoms with Gasteiger partial charge in [-0.3, -0.25) is 9.59 Å². The van der Waals surface area contributed by atoms with Gasteiger partial charge in [0.1, 0.15) is 11.5 Å². The Hall–Kier alpha value is -3.52. The average molecular weight is 441 g/mol. The zero-order valence-electron chi connectivity index (χ0n) is 18.6. The first-order chi connectivity index (χ1) is 15.5. The van der Waals surface area contributed by atoms with Crippen LogP contribution in [0.15, 0.2) is 48.0 Å². The zero-order valence-corrected chi connectivity index (χ0v) is 18.6. The molecule has 170 valence electrons. The van der Waals surface area contributed by atoms with E-state index in [9.17, 15) is 14.7 Å². The summed E-state index contributed by atoms with van der Waals surface area (Å²) in [6.45, 7) is 0.719. The number of carbonyl (C=O) groups is 2. The predicted molar refractivity (Wildman–Crippen MR) is 118 cm³/mol. The van der Waals surface area contributed by atoms with Crippen LogP contribution in [-0.2, 0) is 14.3 Å². The zero-order chi connectivity index (χ0) is 23.3. The van der Waals surface area contributed by atoms with Gasteiger partial charge in [-0.1, -0.05) is 6.07 Å². The normalized spacial score (nSPS) is 17.5. The molecule has 2 aromatic rings. The number of Topliss-reactive ketones (excluding diaryl/α,β-unsaturated/α-hetero) is 1. The second-order valence-electron chi connectivity index (χ2n) is 7.18. The summed E-state index contributed by atoms with van der Waals surface area (Å²) in [4.78, 5) is 27.4. The summed E-state index contributed by atoms with van der Waals surface area (Å²) in [5.74, 6) is -0.0795. The van der Waals surface area contributed by atoms with E-state index in [1.807, 2.05) is 0 Å². The van der Waals surface area contributed by atoms with Gasteiger partial charge < -0.3 is 29.0 Å². The summed E-state index contributed by atoms with van der Waals surface area (Å²) < 4.78 is 21.0. The highest BCUT2D eigenvalue weighted by molar-refractivity contribution is 6.46. The third-order valence-corrected chi connectivity index (χ3v) is 5.37. The fraction of sp³-hybridized carbons (Fsp3) is 0.333. The van der Waals surface area contributed by atoms with Crippen LogP contribution in [0.4, 0.5) is 0 Å². The molecule has 1 fully saturated rings. The molecule has 0 aliphatic carbocycles. The van der Waals surface area contributed by atoms with Gasteiger partial charge in [-0.25, -0.2) is 0 Å². The van der Waals surface area contributed by atoms with Crippen molar-refractivity contribution in [2.75, 3.05) is 41.6 Å². The molecular formula is C24H27NO7. The first-order valence-electron chi connectivity index (χ1n) is 10.1. The monoisotopic (exact) mass is 441 g/mol. The van der Waals surface area contributed by atoms with Crippen molar-refractivity contribution in [1.29, 1.82) is 0 Å². The van der Waals surface area contributed by atoms with Crippen LogP contribution in [0.25, 0.3) is 5.76 Å². The number of benzene rings is 2. The molecule has 1 heterocycles. The van der Waals surface area contributed by atoms with Crippen LogP contribution in [0.3, 0.4) is 0 Å². The molecule has 1 saturated heterocycles. The van der Waals surface area contributed by atoms with Crippen LogP contribution >= 0.6 is 0 Å². The van der Waals surface area contributed by atoms with Crippen molar-refractivity contribution in [3.63, 3.8) is 0 Å². The molecule has 0 spiro atoms. The van der Waals surface area contributed by atoms with Crippen molar-refractivity contribution in [2.24, 2.45) is 0 Å². The minimum Gasteiger partial charge on any atom is -0.507 e. The SMILES string of the molecule is COCCCN1C(=O)C(=O)C(=C(O)c2ccc(OC)cc2)[C@@H]1c1ccc(OC)c(OC)c1. The van der Waals surface area contributed by atoms with Gasteiger partial charge in [0.2, 0.25) is 0 Å². The number of methoxy groups -OCH3 is 4. The Morgan fingerprint density at radius 2 is 1.62 bits per heavy atom. The third-order valence-electron chi connectivity index (χ3n) is 5.37. The number of hydrogen-bond donors (Lipinski definition) is 1. The van der Waals surface area contributed by atoms with Crippen molar-refractivity contribution in [3.05, 3.63) is 59.2 Å². The molecule has 0 aromatic heterocycles. The van der Waals surface area contributed by atoms with Crippen molar-refractivity contribution in [3.8, 4) is 17.2 Å². The first kappa shape index (κ1) is 23.1. The third kappa shape index (κ3) is 4.40. The highest BCUT2D eigenvalue weighted by Crippen LogP contribution is 2.42. The number of rotatable bonds is 9. The van der Waals surface area contributed by atoms with E-state index >= 15 is 0 Å². The van der Waals surface area contributed by atoms with Crippen molar-refractivity contribution < 1.29 is 33.6 Å². The molecule has 0 unspecified atom stereocenters. The number of amides is 1. The van der Waals surface area contributed by atoms with Gasteiger partial charge in [-0.2, -0.15) is 0 Å². The fourth-order valence-corrected chi connectivity index (χ4v) is 3.76. The molecule has 32 heavy (non-hydrogen) atoms. The van der Waals surface area contributed by atoms with Gasteiger partial charge >= 0.3 is 0 Å². The minimum absolute atomic E-state index is 0.0183. The molecule has 8 nitrogen and oxygen atoms in total. The average Bonchev–Trinajstić information content (AvgIpc) is 3.08. The minimum atomic E-state index is -0.784. The highest BCUT2D eigenvalue weighted by Gasteiger charge is 2.46. The lowest BCUT2D eigenvalue weighted by Gasteiger charge is -2.26. The molecule has 1 N–H and O–H groups in total. The molecule has 0 radical (unpaired) electrons. The number of aliphatic hydroxyl groups is 1. The smallest absolute Gasteiger partial charge is 0.295 e. The number of carbonyl (C=O) groups excluding carboxylic acids is 2. The van der Waals surface area contributed by atoms with E-state index in [0.717, 1.165) is 0 Å². The molecule has 8 heteroatoms. The quantitative estimate of drug-likeness (QED) is 0.276. The lowest BCUT2D eigenvalue weighted by Crippen LogP contribution is -2.31. The largest absolute Gasteiger partial charge is 0.507 e. The summed E-state index contributed by atoms with van der Waals surface area (Å²) in [6.07, 6.45) is 0.538. The number of ether oxygens (including phenoxy) is 4. The van der Waals surface area contributed by atoms with E-state index in [4.69, 9.17) is 18.9 Å². The summed E-state index contributed by atoms with van der Waals surface area (Å²) in [6, 6.07) is 11.0. The number of ketones is 1. The number of aliphatic hydroxyl groups excluding tert-OH is 1. The van der Waals surface area contributed by atoms with E-state index in [1.165, 1.54) is 26.2 Å². The van der Waals surface area contributed by atoms with Gasteiger partial charge in [0.05, 0.1) is 32.9 Å².